The third kappa shape index (κ3) is 7.54. The number of hydrogen-bond acceptors (Lipinski definition) is 7. The van der Waals surface area contributed by atoms with E-state index >= 15 is 0 Å². The molecule has 0 saturated carbocycles. The molecule has 7 nitrogen and oxygen atoms in total. The number of hydrogen-bond donors (Lipinski definition) is 0. The number of aromatic nitrogens is 1. The summed E-state index contributed by atoms with van der Waals surface area (Å²) >= 11 is 1.46. The summed E-state index contributed by atoms with van der Waals surface area (Å²) in [6.45, 7) is 4.48. The van der Waals surface area contributed by atoms with Crippen molar-refractivity contribution in [3.63, 3.8) is 0 Å². The fourth-order valence-electron chi connectivity index (χ4n) is 3.13. The van der Waals surface area contributed by atoms with Crippen LogP contribution >= 0.6 is 11.3 Å². The first kappa shape index (κ1) is 23.1. The van der Waals surface area contributed by atoms with Crippen molar-refractivity contribution in [3.05, 3.63) is 71.7 Å². The Labute approximate surface area is 187 Å². The monoisotopic (exact) mass is 458 g/mol. The van der Waals surface area contributed by atoms with Gasteiger partial charge in [-0.2, -0.15) is 0 Å². The van der Waals surface area contributed by atoms with Crippen molar-refractivity contribution >= 4 is 38.0 Å². The summed E-state index contributed by atoms with van der Waals surface area (Å²) in [5, 5.41) is 11.3. The van der Waals surface area contributed by atoms with Gasteiger partial charge in [-0.25, -0.2) is 13.0 Å². The van der Waals surface area contributed by atoms with Crippen LogP contribution in [0.4, 0.5) is 16.5 Å². The molecule has 3 aromatic rings. The molecule has 1 heterocycles. The van der Waals surface area contributed by atoms with E-state index in [1.165, 1.54) is 16.9 Å². The van der Waals surface area contributed by atoms with Crippen LogP contribution in [-0.2, 0) is 23.2 Å². The molecule has 0 aliphatic carbocycles. The molecule has 0 radical (unpaired) electrons. The van der Waals surface area contributed by atoms with Crippen LogP contribution in [0, 0.1) is 0 Å². The van der Waals surface area contributed by atoms with E-state index in [9.17, 15) is 13.0 Å². The number of aryl methyl sites for hydroxylation is 1. The van der Waals surface area contributed by atoms with Crippen molar-refractivity contribution < 1.29 is 17.5 Å². The molecule has 0 fully saturated rings. The highest BCUT2D eigenvalue weighted by Crippen LogP contribution is 2.24. The molecule has 0 N–H and O–H groups in total. The minimum Gasteiger partial charge on any atom is -0.748 e. The van der Waals surface area contributed by atoms with E-state index in [0.717, 1.165) is 29.6 Å². The lowest BCUT2D eigenvalue weighted by Crippen LogP contribution is -2.31. The molecule has 31 heavy (non-hydrogen) atoms. The third-order valence-electron chi connectivity index (χ3n) is 4.77. The molecule has 164 valence electrons. The van der Waals surface area contributed by atoms with E-state index in [0.29, 0.717) is 19.4 Å². The Morgan fingerprint density at radius 3 is 2.45 bits per heavy atom. The molecule has 0 aliphatic heterocycles. The quantitative estimate of drug-likeness (QED) is 0.179. The van der Waals surface area contributed by atoms with Gasteiger partial charge in [0.15, 0.2) is 0 Å². The summed E-state index contributed by atoms with van der Waals surface area (Å²) in [5.74, 6) is -0.333. The smallest absolute Gasteiger partial charge is 0.408 e. The maximum atomic E-state index is 10.7. The zero-order valence-electron chi connectivity index (χ0n) is 17.4. The number of unbranched alkanes of at least 4 members (excludes halogenated alkanes) is 1. The van der Waals surface area contributed by atoms with Crippen molar-refractivity contribution in [2.75, 3.05) is 17.2 Å². The van der Waals surface area contributed by atoms with Gasteiger partial charge in [0.25, 0.3) is 0 Å². The Kier molecular flexibility index (Phi) is 8.27. The van der Waals surface area contributed by atoms with Crippen molar-refractivity contribution in [2.45, 2.75) is 32.9 Å². The Morgan fingerprint density at radius 2 is 1.77 bits per heavy atom. The van der Waals surface area contributed by atoms with E-state index in [1.807, 2.05) is 46.5 Å². The fraction of sp³-hybridized carbons (Fsp3) is 0.318. The first-order valence-corrected chi connectivity index (χ1v) is 12.6. The molecular formula is C22H26N4O3S2. The van der Waals surface area contributed by atoms with Crippen LogP contribution in [0.5, 0.6) is 0 Å². The van der Waals surface area contributed by atoms with Gasteiger partial charge in [0, 0.05) is 29.9 Å². The van der Waals surface area contributed by atoms with Crippen molar-refractivity contribution in [1.29, 1.82) is 0 Å². The minimum atomic E-state index is -4.15. The van der Waals surface area contributed by atoms with Gasteiger partial charge >= 0.3 is 5.13 Å². The number of benzene rings is 2. The van der Waals surface area contributed by atoms with E-state index in [4.69, 9.17) is 0 Å². The summed E-state index contributed by atoms with van der Waals surface area (Å²) in [4.78, 5) is 2.30. The SMILES string of the molecule is CCN(Cc1ccccc1)c1ccc(/N=N/c2scc[n+]2CCCCS(=O)(=O)[O-])cc1. The molecular weight excluding hydrogens is 432 g/mol. The highest BCUT2D eigenvalue weighted by molar-refractivity contribution is 7.85. The van der Waals surface area contributed by atoms with Gasteiger partial charge in [0.1, 0.15) is 11.9 Å². The highest BCUT2D eigenvalue weighted by Gasteiger charge is 2.12. The van der Waals surface area contributed by atoms with E-state index in [2.05, 4.69) is 46.3 Å². The van der Waals surface area contributed by atoms with Gasteiger partial charge in [-0.3, -0.25) is 0 Å². The van der Waals surface area contributed by atoms with Gasteiger partial charge in [-0.1, -0.05) is 30.3 Å². The molecule has 0 unspecified atom stereocenters. The van der Waals surface area contributed by atoms with Crippen molar-refractivity contribution in [2.24, 2.45) is 10.2 Å². The van der Waals surface area contributed by atoms with Crippen LogP contribution in [0.25, 0.3) is 0 Å². The second-order valence-electron chi connectivity index (χ2n) is 7.06. The zero-order chi connectivity index (χ0) is 22.1. The van der Waals surface area contributed by atoms with E-state index in [-0.39, 0.29) is 5.75 Å². The molecule has 1 aromatic heterocycles. The topological polar surface area (TPSA) is 89.0 Å². The lowest BCUT2D eigenvalue weighted by molar-refractivity contribution is -0.680. The maximum absolute atomic E-state index is 10.7. The largest absolute Gasteiger partial charge is 0.748 e. The number of anilines is 1. The van der Waals surface area contributed by atoms with Crippen LogP contribution in [0.2, 0.25) is 0 Å². The molecule has 9 heteroatoms. The van der Waals surface area contributed by atoms with E-state index < -0.39 is 10.1 Å². The lowest BCUT2D eigenvalue weighted by atomic mass is 10.2. The molecule has 0 saturated heterocycles. The van der Waals surface area contributed by atoms with Gasteiger partial charge in [-0.15, -0.1) is 0 Å². The second kappa shape index (κ2) is 11.1. The molecule has 0 spiro atoms. The molecule has 3 rings (SSSR count). The summed E-state index contributed by atoms with van der Waals surface area (Å²) in [6, 6.07) is 18.4. The predicted molar refractivity (Wildman–Crippen MR) is 122 cm³/mol. The number of thiazole rings is 1. The summed E-state index contributed by atoms with van der Waals surface area (Å²) < 4.78 is 34.0. The summed E-state index contributed by atoms with van der Waals surface area (Å²) in [5.41, 5.74) is 3.16. The van der Waals surface area contributed by atoms with Gasteiger partial charge in [0.05, 0.1) is 21.8 Å². The Morgan fingerprint density at radius 1 is 1.03 bits per heavy atom. The summed E-state index contributed by atoms with van der Waals surface area (Å²) in [7, 11) is -4.15. The zero-order valence-corrected chi connectivity index (χ0v) is 19.1. The molecule has 2 aromatic carbocycles. The second-order valence-corrected chi connectivity index (χ2v) is 9.46. The Balaban J connectivity index is 1.59. The van der Waals surface area contributed by atoms with Gasteiger partial charge < -0.3 is 9.45 Å². The fourth-order valence-corrected chi connectivity index (χ4v) is 4.39. The van der Waals surface area contributed by atoms with Gasteiger partial charge in [-0.05, 0) is 66.0 Å². The Hall–Kier alpha value is -2.62. The highest BCUT2D eigenvalue weighted by atomic mass is 32.2. The number of nitrogens with zero attached hydrogens (tertiary/aromatic N) is 4. The first-order valence-electron chi connectivity index (χ1n) is 10.2. The number of rotatable bonds is 11. The van der Waals surface area contributed by atoms with Crippen LogP contribution in [0.15, 0.2) is 76.4 Å². The minimum absolute atomic E-state index is 0.333. The standard InChI is InChI=1S/C22H26N4O3S2/c1-2-25(18-19-8-4-3-5-9-19)21-12-10-20(11-13-21)23-24-22-26(15-16-30-22)14-6-7-17-31(27,28)29/h3-5,8-13,15-16H,2,6-7,14,17-18H2,1H3. The average molecular weight is 459 g/mol. The van der Waals surface area contributed by atoms with Gasteiger partial charge in [0.2, 0.25) is 0 Å². The molecule has 0 aliphatic rings. The Bertz CT molecular complexity index is 1080. The number of azo groups is 1. The predicted octanol–water partition coefficient (Wildman–Crippen LogP) is 4.80. The van der Waals surface area contributed by atoms with Crippen molar-refractivity contribution in [3.8, 4) is 0 Å². The van der Waals surface area contributed by atoms with Crippen LogP contribution in [0.1, 0.15) is 25.3 Å². The first-order chi connectivity index (χ1) is 14.9. The molecule has 0 bridgehead atoms. The summed E-state index contributed by atoms with van der Waals surface area (Å²) in [6.07, 6.45) is 2.81. The third-order valence-corrected chi connectivity index (χ3v) is 6.34. The van der Waals surface area contributed by atoms with Crippen molar-refractivity contribution in [1.82, 2.24) is 0 Å². The van der Waals surface area contributed by atoms with E-state index in [1.54, 1.807) is 0 Å². The normalized spacial score (nSPS) is 11.8. The molecule has 0 amide bonds. The van der Waals surface area contributed by atoms with Crippen LogP contribution in [-0.4, -0.2) is 25.3 Å². The lowest BCUT2D eigenvalue weighted by Gasteiger charge is -2.23. The maximum Gasteiger partial charge on any atom is 0.408 e. The van der Waals surface area contributed by atoms with Crippen LogP contribution in [0.3, 0.4) is 0 Å². The molecule has 0 atom stereocenters. The van der Waals surface area contributed by atoms with Crippen LogP contribution < -0.4 is 9.47 Å². The average Bonchev–Trinajstić information content (AvgIpc) is 3.21.